The van der Waals surface area contributed by atoms with E-state index in [2.05, 4.69) is 0 Å². The van der Waals surface area contributed by atoms with Gasteiger partial charge in [0.1, 0.15) is 0 Å². The van der Waals surface area contributed by atoms with E-state index in [0.29, 0.717) is 18.0 Å². The van der Waals surface area contributed by atoms with Gasteiger partial charge in [0.15, 0.2) is 21.3 Å². The van der Waals surface area contributed by atoms with E-state index in [1.54, 1.807) is 19.1 Å². The number of carbonyl (C=O) groups excluding carboxylic acids is 1. The minimum absolute atomic E-state index is 0.0150. The molecule has 0 unspecified atom stereocenters. The van der Waals surface area contributed by atoms with Crippen molar-refractivity contribution in [2.24, 2.45) is 0 Å². The molecule has 7 nitrogen and oxygen atoms in total. The average Bonchev–Trinajstić information content (AvgIpc) is 3.02. The maximum atomic E-state index is 13.2. The molecule has 0 N–H and O–H groups in total. The van der Waals surface area contributed by atoms with E-state index in [0.717, 1.165) is 22.4 Å². The van der Waals surface area contributed by atoms with Crippen LogP contribution < -0.4 is 14.4 Å². The van der Waals surface area contributed by atoms with Crippen LogP contribution in [-0.2, 0) is 21.2 Å². The lowest BCUT2D eigenvalue weighted by Gasteiger charge is -2.43. The lowest BCUT2D eigenvalue weighted by Crippen LogP contribution is -2.61. The third kappa shape index (κ3) is 4.27. The summed E-state index contributed by atoms with van der Waals surface area (Å²) >= 11 is 0. The lowest BCUT2D eigenvalue weighted by molar-refractivity contribution is -0.123. The van der Waals surface area contributed by atoms with Gasteiger partial charge in [0.25, 0.3) is 0 Å². The van der Waals surface area contributed by atoms with Crippen molar-refractivity contribution in [2.75, 3.05) is 37.2 Å². The predicted octanol–water partition coefficient (Wildman–Crippen LogP) is 2.34. The predicted molar refractivity (Wildman–Crippen MR) is 120 cm³/mol. The van der Waals surface area contributed by atoms with Crippen LogP contribution in [0.4, 0.5) is 5.69 Å². The number of nitrogens with zero attached hydrogens (tertiary/aromatic N) is 2. The third-order valence-electron chi connectivity index (χ3n) is 6.02. The van der Waals surface area contributed by atoms with Gasteiger partial charge >= 0.3 is 0 Å². The second-order valence-electron chi connectivity index (χ2n) is 8.42. The van der Waals surface area contributed by atoms with Gasteiger partial charge in [-0.15, -0.1) is 0 Å². The van der Waals surface area contributed by atoms with Gasteiger partial charge in [0.05, 0.1) is 38.3 Å². The maximum Gasteiger partial charge on any atom is 0.241 e. The van der Waals surface area contributed by atoms with E-state index < -0.39 is 15.9 Å². The number of methoxy groups -OCH3 is 2. The molecule has 2 aromatic rings. The molecule has 2 atom stereocenters. The first-order valence-electron chi connectivity index (χ1n) is 10.3. The van der Waals surface area contributed by atoms with Crippen LogP contribution in [0.3, 0.4) is 0 Å². The highest BCUT2D eigenvalue weighted by atomic mass is 32.2. The number of aryl methyl sites for hydroxylation is 2. The topological polar surface area (TPSA) is 76.2 Å². The number of carbonyl (C=O) groups is 1. The zero-order valence-electron chi connectivity index (χ0n) is 18.3. The molecule has 31 heavy (non-hydrogen) atoms. The molecule has 2 aliphatic rings. The molecule has 8 heteroatoms. The molecule has 0 spiro atoms. The van der Waals surface area contributed by atoms with Crippen LogP contribution in [0.25, 0.3) is 0 Å². The molecular weight excluding hydrogens is 416 g/mol. The molecule has 0 radical (unpaired) electrons. The van der Waals surface area contributed by atoms with Crippen molar-refractivity contribution >= 4 is 21.4 Å². The Hall–Kier alpha value is -2.58. The van der Waals surface area contributed by atoms with E-state index in [9.17, 15) is 13.2 Å². The summed E-state index contributed by atoms with van der Waals surface area (Å²) in [5.41, 5.74) is 3.81. The molecular formula is C23H28N2O5S. The largest absolute Gasteiger partial charge is 0.493 e. The summed E-state index contributed by atoms with van der Waals surface area (Å²) in [5.74, 6) is 1.20. The van der Waals surface area contributed by atoms with Crippen LogP contribution in [0.1, 0.15) is 16.7 Å². The summed E-state index contributed by atoms with van der Waals surface area (Å²) in [6.07, 6.45) is 0. The van der Waals surface area contributed by atoms with E-state index in [1.165, 1.54) is 0 Å². The van der Waals surface area contributed by atoms with E-state index in [-0.39, 0.29) is 30.0 Å². The Labute approximate surface area is 183 Å². The number of ether oxygens (including phenoxy) is 2. The van der Waals surface area contributed by atoms with Gasteiger partial charge in [-0.1, -0.05) is 12.1 Å². The Kier molecular flexibility index (Phi) is 5.70. The fourth-order valence-electron chi connectivity index (χ4n) is 4.77. The first kappa shape index (κ1) is 21.6. The van der Waals surface area contributed by atoms with Crippen LogP contribution >= 0.6 is 0 Å². The van der Waals surface area contributed by atoms with Crippen molar-refractivity contribution in [3.05, 3.63) is 53.1 Å². The van der Waals surface area contributed by atoms with Crippen molar-refractivity contribution in [1.82, 2.24) is 4.90 Å². The standard InChI is InChI=1S/C23H28N2O5S/c1-15-7-16(2)9-18(8-15)25-20-14-31(27,28)13-19(20)24(12-23(25)26)11-17-5-6-21(29-3)22(10-17)30-4/h5-10,19-20H,11-14H2,1-4H3/t19-,20+/m0/s1. The molecule has 2 saturated heterocycles. The molecule has 166 valence electrons. The number of sulfone groups is 1. The first-order chi connectivity index (χ1) is 14.7. The zero-order valence-corrected chi connectivity index (χ0v) is 19.1. The monoisotopic (exact) mass is 444 g/mol. The molecule has 2 aliphatic heterocycles. The number of piperazine rings is 1. The van der Waals surface area contributed by atoms with Crippen LogP contribution in [-0.4, -0.2) is 63.6 Å². The molecule has 0 bridgehead atoms. The van der Waals surface area contributed by atoms with Gasteiger partial charge < -0.3 is 14.4 Å². The number of benzene rings is 2. The number of fused-ring (bicyclic) bond motifs is 1. The van der Waals surface area contributed by atoms with Crippen molar-refractivity contribution < 1.29 is 22.7 Å². The fourth-order valence-corrected chi connectivity index (χ4v) is 6.75. The molecule has 2 fully saturated rings. The summed E-state index contributed by atoms with van der Waals surface area (Å²) in [7, 11) is -0.0859. The molecule has 2 aromatic carbocycles. The minimum Gasteiger partial charge on any atom is -0.493 e. The number of anilines is 1. The normalized spacial score (nSPS) is 23.0. The van der Waals surface area contributed by atoms with Crippen LogP contribution in [0, 0.1) is 13.8 Å². The fraction of sp³-hybridized carbons (Fsp3) is 0.435. The van der Waals surface area contributed by atoms with Crippen LogP contribution in [0.2, 0.25) is 0 Å². The zero-order chi connectivity index (χ0) is 22.3. The summed E-state index contributed by atoms with van der Waals surface area (Å²) in [6, 6.07) is 10.9. The Morgan fingerprint density at radius 3 is 2.23 bits per heavy atom. The Morgan fingerprint density at radius 1 is 0.935 bits per heavy atom. The van der Waals surface area contributed by atoms with Crippen molar-refractivity contribution in [3.63, 3.8) is 0 Å². The highest BCUT2D eigenvalue weighted by molar-refractivity contribution is 7.91. The van der Waals surface area contributed by atoms with Gasteiger partial charge in [-0.25, -0.2) is 8.42 Å². The first-order valence-corrected chi connectivity index (χ1v) is 12.1. The van der Waals surface area contributed by atoms with Crippen LogP contribution in [0.15, 0.2) is 36.4 Å². The van der Waals surface area contributed by atoms with Crippen molar-refractivity contribution in [3.8, 4) is 11.5 Å². The maximum absolute atomic E-state index is 13.2. The molecule has 0 aliphatic carbocycles. The number of hydrogen-bond donors (Lipinski definition) is 0. The smallest absolute Gasteiger partial charge is 0.241 e. The quantitative estimate of drug-likeness (QED) is 0.705. The summed E-state index contributed by atoms with van der Waals surface area (Å²) in [4.78, 5) is 16.9. The second-order valence-corrected chi connectivity index (χ2v) is 10.6. The molecule has 2 heterocycles. The SMILES string of the molecule is COc1ccc(CN2CC(=O)N(c3cc(C)cc(C)c3)[C@@H]3CS(=O)(=O)C[C@@H]32)cc1OC. The minimum atomic E-state index is -3.24. The third-order valence-corrected chi connectivity index (χ3v) is 7.72. The summed E-state index contributed by atoms with van der Waals surface area (Å²) < 4.78 is 35.9. The summed E-state index contributed by atoms with van der Waals surface area (Å²) in [6.45, 7) is 4.59. The molecule has 1 amide bonds. The lowest BCUT2D eigenvalue weighted by atomic mass is 10.0. The molecule has 0 saturated carbocycles. The number of amides is 1. The van der Waals surface area contributed by atoms with Gasteiger partial charge in [-0.2, -0.15) is 0 Å². The van der Waals surface area contributed by atoms with Gasteiger partial charge in [-0.3, -0.25) is 9.69 Å². The van der Waals surface area contributed by atoms with E-state index in [4.69, 9.17) is 9.47 Å². The molecule has 0 aromatic heterocycles. The van der Waals surface area contributed by atoms with Gasteiger partial charge in [0, 0.05) is 18.3 Å². The van der Waals surface area contributed by atoms with E-state index in [1.807, 2.05) is 55.1 Å². The number of hydrogen-bond acceptors (Lipinski definition) is 6. The van der Waals surface area contributed by atoms with Gasteiger partial charge in [0.2, 0.25) is 5.91 Å². The Bertz CT molecular complexity index is 1090. The highest BCUT2D eigenvalue weighted by Gasteiger charge is 2.49. The second kappa shape index (κ2) is 8.16. The Balaban J connectivity index is 1.66. The van der Waals surface area contributed by atoms with E-state index >= 15 is 0 Å². The average molecular weight is 445 g/mol. The summed E-state index contributed by atoms with van der Waals surface area (Å²) in [5, 5.41) is 0. The highest BCUT2D eigenvalue weighted by Crippen LogP contribution is 2.34. The Morgan fingerprint density at radius 2 is 1.58 bits per heavy atom. The van der Waals surface area contributed by atoms with Gasteiger partial charge in [-0.05, 0) is 54.8 Å². The number of rotatable bonds is 5. The molecule has 4 rings (SSSR count). The van der Waals surface area contributed by atoms with Crippen molar-refractivity contribution in [1.29, 1.82) is 0 Å². The van der Waals surface area contributed by atoms with Crippen LogP contribution in [0.5, 0.6) is 11.5 Å². The van der Waals surface area contributed by atoms with Crippen molar-refractivity contribution in [2.45, 2.75) is 32.5 Å².